The van der Waals surface area contributed by atoms with Crippen LogP contribution in [-0.4, -0.2) is 37.0 Å². The number of benzene rings is 1. The molecule has 1 aromatic rings. The number of allylic oxidation sites excluding steroid dienone is 4. The number of likely N-dealkylation sites (tertiary alicyclic amines) is 1. The van der Waals surface area contributed by atoms with Gasteiger partial charge < -0.3 is 10.2 Å². The summed E-state index contributed by atoms with van der Waals surface area (Å²) in [6.45, 7) is 4.31. The van der Waals surface area contributed by atoms with E-state index in [9.17, 15) is 4.79 Å². The van der Waals surface area contributed by atoms with Crippen molar-refractivity contribution < 1.29 is 4.79 Å². The Hall–Kier alpha value is -1.58. The lowest BCUT2D eigenvalue weighted by Crippen LogP contribution is -2.40. The highest BCUT2D eigenvalue weighted by Gasteiger charge is 2.41. The highest BCUT2D eigenvalue weighted by atomic mass is 35.5. The van der Waals surface area contributed by atoms with Gasteiger partial charge in [0, 0.05) is 17.1 Å². The minimum atomic E-state index is -0.0340. The molecular weight excluding hydrogens is 368 g/mol. The Morgan fingerprint density at radius 2 is 2.00 bits per heavy atom. The van der Waals surface area contributed by atoms with Gasteiger partial charge in [0.1, 0.15) is 0 Å². The van der Waals surface area contributed by atoms with Gasteiger partial charge in [0.2, 0.25) is 0 Å². The molecule has 28 heavy (non-hydrogen) atoms. The third-order valence-corrected chi connectivity index (χ3v) is 7.08. The lowest BCUT2D eigenvalue weighted by molar-refractivity contribution is 0.0951. The quantitative estimate of drug-likeness (QED) is 0.653. The van der Waals surface area contributed by atoms with E-state index in [0.29, 0.717) is 16.0 Å². The number of hydrogen-bond acceptors (Lipinski definition) is 2. The molecule has 4 rings (SSSR count). The van der Waals surface area contributed by atoms with Gasteiger partial charge in [0.05, 0.1) is 0 Å². The number of hydrogen-bond donors (Lipinski definition) is 1. The van der Waals surface area contributed by atoms with E-state index >= 15 is 0 Å². The summed E-state index contributed by atoms with van der Waals surface area (Å²) in [5.41, 5.74) is 4.59. The zero-order chi connectivity index (χ0) is 19.4. The van der Waals surface area contributed by atoms with Gasteiger partial charge >= 0.3 is 0 Å². The van der Waals surface area contributed by atoms with Crippen molar-refractivity contribution in [1.29, 1.82) is 0 Å². The Morgan fingerprint density at radius 1 is 1.14 bits per heavy atom. The van der Waals surface area contributed by atoms with E-state index < -0.39 is 0 Å². The first kappa shape index (κ1) is 19.7. The molecule has 0 aromatic heterocycles. The molecule has 4 heteroatoms. The summed E-state index contributed by atoms with van der Waals surface area (Å²) < 4.78 is 0. The van der Waals surface area contributed by atoms with Crippen LogP contribution >= 0.6 is 11.6 Å². The van der Waals surface area contributed by atoms with Gasteiger partial charge in [-0.1, -0.05) is 35.4 Å². The van der Waals surface area contributed by atoms with Crippen LogP contribution in [0.25, 0.3) is 0 Å². The predicted octanol–water partition coefficient (Wildman–Crippen LogP) is 5.37. The molecule has 1 heterocycles. The van der Waals surface area contributed by atoms with Crippen molar-refractivity contribution in [3.63, 3.8) is 0 Å². The van der Waals surface area contributed by atoms with E-state index in [1.807, 2.05) is 6.07 Å². The molecule has 1 N–H and O–H groups in total. The molecule has 1 aliphatic heterocycles. The Bertz CT molecular complexity index is 775. The molecule has 3 nitrogen and oxygen atoms in total. The van der Waals surface area contributed by atoms with Crippen molar-refractivity contribution in [3.05, 3.63) is 58.1 Å². The maximum absolute atomic E-state index is 12.1. The molecule has 1 saturated heterocycles. The molecule has 1 spiro atoms. The fourth-order valence-corrected chi connectivity index (χ4v) is 5.36. The van der Waals surface area contributed by atoms with Crippen molar-refractivity contribution in [1.82, 2.24) is 10.2 Å². The van der Waals surface area contributed by atoms with Crippen LogP contribution < -0.4 is 5.32 Å². The molecule has 0 bridgehead atoms. The number of carbonyl (C=O) groups excluding carboxylic acids is 1. The average molecular weight is 399 g/mol. The molecular formula is C24H31ClN2O. The zero-order valence-electron chi connectivity index (χ0n) is 16.7. The summed E-state index contributed by atoms with van der Waals surface area (Å²) in [6, 6.07) is 7.11. The Kier molecular flexibility index (Phi) is 6.22. The third-order valence-electron chi connectivity index (χ3n) is 6.84. The smallest absolute Gasteiger partial charge is 0.251 e. The average Bonchev–Trinajstić information content (AvgIpc) is 3.07. The summed E-state index contributed by atoms with van der Waals surface area (Å²) in [6.07, 6.45) is 14.9. The number of nitrogens with one attached hydrogen (secondary N) is 1. The van der Waals surface area contributed by atoms with Crippen LogP contribution in [0.5, 0.6) is 0 Å². The maximum Gasteiger partial charge on any atom is 0.251 e. The normalized spacial score (nSPS) is 21.2. The largest absolute Gasteiger partial charge is 0.352 e. The lowest BCUT2D eigenvalue weighted by atomic mass is 9.72. The summed E-state index contributed by atoms with van der Waals surface area (Å²) >= 11 is 5.95. The van der Waals surface area contributed by atoms with Gasteiger partial charge in [-0.05, 0) is 100 Å². The molecule has 3 aliphatic rings. The van der Waals surface area contributed by atoms with E-state index in [1.54, 1.807) is 29.3 Å². The first-order valence-electron chi connectivity index (χ1n) is 10.8. The van der Waals surface area contributed by atoms with Crippen molar-refractivity contribution in [2.75, 3.05) is 26.2 Å². The molecule has 2 aliphatic carbocycles. The highest BCUT2D eigenvalue weighted by Crippen LogP contribution is 2.52. The first-order valence-corrected chi connectivity index (χ1v) is 11.2. The molecule has 150 valence electrons. The predicted molar refractivity (Wildman–Crippen MR) is 116 cm³/mol. The zero-order valence-corrected chi connectivity index (χ0v) is 17.4. The van der Waals surface area contributed by atoms with Gasteiger partial charge in [-0.15, -0.1) is 0 Å². The lowest BCUT2D eigenvalue weighted by Gasteiger charge is -2.41. The highest BCUT2D eigenvalue weighted by molar-refractivity contribution is 6.30. The second-order valence-corrected chi connectivity index (χ2v) is 8.99. The van der Waals surface area contributed by atoms with Crippen LogP contribution in [0.4, 0.5) is 0 Å². The van der Waals surface area contributed by atoms with Crippen molar-refractivity contribution >= 4 is 17.5 Å². The van der Waals surface area contributed by atoms with Crippen LogP contribution in [0.15, 0.2) is 47.6 Å². The monoisotopic (exact) mass is 398 g/mol. The fraction of sp³-hybridized carbons (Fsp3) is 0.542. The van der Waals surface area contributed by atoms with E-state index in [0.717, 1.165) is 25.9 Å². The SMILES string of the molecule is O=C(NCCCCN1CCC2(CCC3=C2C=CCC3)CC1)c1cccc(Cl)c1. The van der Waals surface area contributed by atoms with Crippen LogP contribution in [-0.2, 0) is 0 Å². The van der Waals surface area contributed by atoms with Crippen molar-refractivity contribution in [2.24, 2.45) is 5.41 Å². The van der Waals surface area contributed by atoms with Gasteiger partial charge in [0.15, 0.2) is 0 Å². The van der Waals surface area contributed by atoms with E-state index in [-0.39, 0.29) is 5.91 Å². The second kappa shape index (κ2) is 8.84. The van der Waals surface area contributed by atoms with Gasteiger partial charge in [0.25, 0.3) is 5.91 Å². The summed E-state index contributed by atoms with van der Waals surface area (Å²) in [7, 11) is 0. The molecule has 1 amide bonds. The van der Waals surface area contributed by atoms with Crippen LogP contribution in [0.1, 0.15) is 61.7 Å². The van der Waals surface area contributed by atoms with E-state index in [1.165, 1.54) is 51.6 Å². The maximum atomic E-state index is 12.1. The standard InChI is InChI=1S/C24H31ClN2O/c25-21-8-5-7-20(18-21)23(28)26-14-3-4-15-27-16-12-24(13-17-27)11-10-19-6-1-2-9-22(19)24/h2,5,7-9,18H,1,3-4,6,10-17H2,(H,26,28). The second-order valence-electron chi connectivity index (χ2n) is 8.55. The number of rotatable bonds is 6. The van der Waals surface area contributed by atoms with Crippen molar-refractivity contribution in [2.45, 2.75) is 51.4 Å². The van der Waals surface area contributed by atoms with Crippen LogP contribution in [0.2, 0.25) is 5.02 Å². The van der Waals surface area contributed by atoms with E-state index in [2.05, 4.69) is 22.4 Å². The molecule has 0 atom stereocenters. The topological polar surface area (TPSA) is 32.3 Å². The molecule has 0 saturated carbocycles. The number of nitrogens with zero attached hydrogens (tertiary/aromatic N) is 1. The molecule has 0 radical (unpaired) electrons. The number of halogens is 1. The third kappa shape index (κ3) is 4.36. The van der Waals surface area contributed by atoms with Crippen LogP contribution in [0, 0.1) is 5.41 Å². The number of amides is 1. The van der Waals surface area contributed by atoms with Gasteiger partial charge in [-0.3, -0.25) is 4.79 Å². The molecule has 0 unspecified atom stereocenters. The molecule has 1 fully saturated rings. The summed E-state index contributed by atoms with van der Waals surface area (Å²) in [5, 5.41) is 3.61. The number of carbonyl (C=O) groups is 1. The summed E-state index contributed by atoms with van der Waals surface area (Å²) in [5.74, 6) is -0.0340. The number of fused-ring (bicyclic) bond motifs is 1. The molecule has 1 aromatic carbocycles. The number of piperidine rings is 1. The van der Waals surface area contributed by atoms with Crippen molar-refractivity contribution in [3.8, 4) is 0 Å². The van der Waals surface area contributed by atoms with Crippen LogP contribution in [0.3, 0.4) is 0 Å². The Labute approximate surface area is 173 Å². The number of unbranched alkanes of at least 4 members (excludes halogenated alkanes) is 1. The van der Waals surface area contributed by atoms with Gasteiger partial charge in [-0.25, -0.2) is 0 Å². The minimum absolute atomic E-state index is 0.0340. The summed E-state index contributed by atoms with van der Waals surface area (Å²) in [4.78, 5) is 14.8. The fourth-order valence-electron chi connectivity index (χ4n) is 5.17. The Balaban J connectivity index is 1.15. The Morgan fingerprint density at radius 3 is 2.82 bits per heavy atom. The first-order chi connectivity index (χ1) is 13.7. The minimum Gasteiger partial charge on any atom is -0.352 e. The van der Waals surface area contributed by atoms with Gasteiger partial charge in [-0.2, -0.15) is 0 Å². The van der Waals surface area contributed by atoms with E-state index in [4.69, 9.17) is 11.6 Å².